The molecule has 1 fully saturated rings. The average Bonchev–Trinajstić information content (AvgIpc) is 2.18. The Morgan fingerprint density at radius 1 is 1.44 bits per heavy atom. The largest absolute Gasteiger partial charge is 0.389 e. The van der Waals surface area contributed by atoms with Gasteiger partial charge in [0.25, 0.3) is 0 Å². The molecule has 1 unspecified atom stereocenters. The number of nitrogens with zero attached hydrogens (tertiary/aromatic N) is 1. The summed E-state index contributed by atoms with van der Waals surface area (Å²) in [4.78, 5) is 2.33. The molecule has 0 aromatic carbocycles. The van der Waals surface area contributed by atoms with Crippen molar-refractivity contribution >= 4 is 0 Å². The van der Waals surface area contributed by atoms with Crippen LogP contribution in [0.1, 0.15) is 27.7 Å². The Hall–Kier alpha value is -0.160. The van der Waals surface area contributed by atoms with Crippen LogP contribution in [-0.2, 0) is 4.74 Å². The Morgan fingerprint density at radius 3 is 2.69 bits per heavy atom. The van der Waals surface area contributed by atoms with Gasteiger partial charge in [-0.1, -0.05) is 0 Å². The second-order valence-corrected chi connectivity index (χ2v) is 5.47. The summed E-state index contributed by atoms with van der Waals surface area (Å²) in [6, 6.07) is 0. The second-order valence-electron chi connectivity index (χ2n) is 5.47. The number of piperazine rings is 1. The van der Waals surface area contributed by atoms with Crippen LogP contribution in [0.3, 0.4) is 0 Å². The van der Waals surface area contributed by atoms with Gasteiger partial charge in [-0.15, -0.1) is 0 Å². The molecule has 16 heavy (non-hydrogen) atoms. The predicted molar refractivity (Wildman–Crippen MR) is 65.6 cm³/mol. The average molecular weight is 230 g/mol. The number of hydrogen-bond donors (Lipinski definition) is 2. The van der Waals surface area contributed by atoms with Gasteiger partial charge >= 0.3 is 0 Å². The molecule has 96 valence electrons. The van der Waals surface area contributed by atoms with Gasteiger partial charge in [-0.05, 0) is 27.7 Å². The molecule has 0 spiro atoms. The zero-order valence-corrected chi connectivity index (χ0v) is 11.0. The number of rotatable bonds is 5. The van der Waals surface area contributed by atoms with Crippen LogP contribution in [0.15, 0.2) is 0 Å². The molecule has 0 radical (unpaired) electrons. The minimum absolute atomic E-state index is 0.122. The van der Waals surface area contributed by atoms with Crippen LogP contribution in [-0.4, -0.2) is 60.5 Å². The molecule has 0 bridgehead atoms. The Bertz CT molecular complexity index is 207. The van der Waals surface area contributed by atoms with E-state index in [2.05, 4.69) is 24.1 Å². The van der Waals surface area contributed by atoms with Crippen LogP contribution in [0, 0.1) is 0 Å². The molecule has 4 heteroatoms. The van der Waals surface area contributed by atoms with Crippen LogP contribution in [0.5, 0.6) is 0 Å². The maximum absolute atomic E-state index is 9.90. The van der Waals surface area contributed by atoms with Crippen molar-refractivity contribution in [1.82, 2.24) is 10.2 Å². The molecule has 0 amide bonds. The molecular weight excluding hydrogens is 204 g/mol. The molecule has 1 aliphatic rings. The summed E-state index contributed by atoms with van der Waals surface area (Å²) >= 11 is 0. The van der Waals surface area contributed by atoms with E-state index in [1.807, 2.05) is 13.8 Å². The zero-order chi connectivity index (χ0) is 12.2. The van der Waals surface area contributed by atoms with Crippen LogP contribution >= 0.6 is 0 Å². The van der Waals surface area contributed by atoms with E-state index in [1.54, 1.807) is 0 Å². The minimum Gasteiger partial charge on any atom is -0.389 e. The van der Waals surface area contributed by atoms with Gasteiger partial charge in [0.15, 0.2) is 0 Å². The molecule has 4 nitrogen and oxygen atoms in total. The fourth-order valence-electron chi connectivity index (χ4n) is 1.97. The van der Waals surface area contributed by atoms with Gasteiger partial charge < -0.3 is 15.2 Å². The van der Waals surface area contributed by atoms with E-state index < -0.39 is 0 Å². The molecule has 1 aliphatic heterocycles. The summed E-state index contributed by atoms with van der Waals surface area (Å²) in [7, 11) is 0. The summed E-state index contributed by atoms with van der Waals surface area (Å²) in [5, 5.41) is 13.3. The fraction of sp³-hybridized carbons (Fsp3) is 1.00. The highest BCUT2D eigenvalue weighted by Gasteiger charge is 2.30. The number of aliphatic hydroxyl groups excluding tert-OH is 1. The van der Waals surface area contributed by atoms with Crippen molar-refractivity contribution in [2.45, 2.75) is 45.4 Å². The van der Waals surface area contributed by atoms with Crippen molar-refractivity contribution < 1.29 is 9.84 Å². The minimum atomic E-state index is -0.389. The van der Waals surface area contributed by atoms with E-state index >= 15 is 0 Å². The van der Waals surface area contributed by atoms with Gasteiger partial charge in [-0.2, -0.15) is 0 Å². The van der Waals surface area contributed by atoms with Gasteiger partial charge in [-0.3, -0.25) is 4.90 Å². The first kappa shape index (κ1) is 13.9. The summed E-state index contributed by atoms with van der Waals surface area (Å²) in [6.45, 7) is 12.5. The summed E-state index contributed by atoms with van der Waals surface area (Å²) < 4.78 is 5.42. The van der Waals surface area contributed by atoms with E-state index in [-0.39, 0.29) is 17.7 Å². The van der Waals surface area contributed by atoms with Gasteiger partial charge in [-0.25, -0.2) is 0 Å². The molecule has 1 rings (SSSR count). The molecule has 0 aromatic rings. The van der Waals surface area contributed by atoms with Crippen molar-refractivity contribution in [2.24, 2.45) is 0 Å². The van der Waals surface area contributed by atoms with E-state index in [0.29, 0.717) is 13.2 Å². The van der Waals surface area contributed by atoms with E-state index in [9.17, 15) is 5.11 Å². The lowest BCUT2D eigenvalue weighted by molar-refractivity contribution is -0.0282. The highest BCUT2D eigenvalue weighted by atomic mass is 16.5. The monoisotopic (exact) mass is 230 g/mol. The topological polar surface area (TPSA) is 44.7 Å². The highest BCUT2D eigenvalue weighted by Crippen LogP contribution is 2.16. The zero-order valence-electron chi connectivity index (χ0n) is 11.0. The molecular formula is C12H26N2O2. The maximum Gasteiger partial charge on any atom is 0.0900 e. The van der Waals surface area contributed by atoms with Crippen LogP contribution in [0.25, 0.3) is 0 Å². The highest BCUT2D eigenvalue weighted by molar-refractivity contribution is 4.89. The van der Waals surface area contributed by atoms with Crippen LogP contribution in [0.2, 0.25) is 0 Å². The normalized spacial score (nSPS) is 23.6. The first-order valence-corrected chi connectivity index (χ1v) is 6.17. The molecule has 2 N–H and O–H groups in total. The summed E-state index contributed by atoms with van der Waals surface area (Å²) in [6.07, 6.45) is -0.203. The van der Waals surface area contributed by atoms with Gasteiger partial charge in [0.1, 0.15) is 0 Å². The third-order valence-electron chi connectivity index (χ3n) is 3.03. The van der Waals surface area contributed by atoms with Crippen molar-refractivity contribution in [3.63, 3.8) is 0 Å². The van der Waals surface area contributed by atoms with Crippen LogP contribution in [0.4, 0.5) is 0 Å². The van der Waals surface area contributed by atoms with E-state index in [4.69, 9.17) is 4.74 Å². The number of ether oxygens (including phenoxy) is 1. The molecule has 0 aromatic heterocycles. The number of hydrogen-bond acceptors (Lipinski definition) is 4. The Labute approximate surface area is 99.0 Å². The van der Waals surface area contributed by atoms with Crippen molar-refractivity contribution in [1.29, 1.82) is 0 Å². The van der Waals surface area contributed by atoms with E-state index in [0.717, 1.165) is 19.6 Å². The lowest BCUT2D eigenvalue weighted by atomic mass is 10.00. The lowest BCUT2D eigenvalue weighted by Gasteiger charge is -2.43. The summed E-state index contributed by atoms with van der Waals surface area (Å²) in [5.74, 6) is 0. The first-order chi connectivity index (χ1) is 7.42. The molecule has 1 heterocycles. The fourth-order valence-corrected chi connectivity index (χ4v) is 1.97. The third kappa shape index (κ3) is 4.37. The Morgan fingerprint density at radius 2 is 2.12 bits per heavy atom. The maximum atomic E-state index is 9.90. The Balaban J connectivity index is 2.34. The quantitative estimate of drug-likeness (QED) is 0.720. The van der Waals surface area contributed by atoms with Crippen molar-refractivity contribution in [3.8, 4) is 0 Å². The lowest BCUT2D eigenvalue weighted by Crippen LogP contribution is -2.59. The second kappa shape index (κ2) is 5.96. The predicted octanol–water partition coefficient (Wildman–Crippen LogP) is 0.456. The molecule has 0 aliphatic carbocycles. The standard InChI is InChI=1S/C12H26N2O2/c1-10(2)16-8-11(15)7-14-6-5-13-9-12(14,3)4/h10-11,13,15H,5-9H2,1-4H3. The number of nitrogens with one attached hydrogen (secondary N) is 1. The SMILES string of the molecule is CC(C)OCC(O)CN1CCNCC1(C)C. The molecule has 1 saturated heterocycles. The summed E-state index contributed by atoms with van der Waals surface area (Å²) in [5.41, 5.74) is 0.122. The number of β-amino-alcohol motifs (C(OH)–C–C–N with tert-alkyl or cyclic N) is 1. The molecule has 0 saturated carbocycles. The van der Waals surface area contributed by atoms with Crippen molar-refractivity contribution in [3.05, 3.63) is 0 Å². The van der Waals surface area contributed by atoms with E-state index in [1.165, 1.54) is 0 Å². The number of aliphatic hydroxyl groups is 1. The first-order valence-electron chi connectivity index (χ1n) is 6.17. The van der Waals surface area contributed by atoms with Crippen LogP contribution < -0.4 is 5.32 Å². The Kier molecular flexibility index (Phi) is 5.18. The van der Waals surface area contributed by atoms with Gasteiger partial charge in [0, 0.05) is 31.7 Å². The third-order valence-corrected chi connectivity index (χ3v) is 3.03. The molecule has 1 atom stereocenters. The smallest absolute Gasteiger partial charge is 0.0900 e. The van der Waals surface area contributed by atoms with Gasteiger partial charge in [0.2, 0.25) is 0 Å². The van der Waals surface area contributed by atoms with Crippen molar-refractivity contribution in [2.75, 3.05) is 32.8 Å². The van der Waals surface area contributed by atoms with Gasteiger partial charge in [0.05, 0.1) is 18.8 Å².